The van der Waals surface area contributed by atoms with Gasteiger partial charge in [0, 0.05) is 44.5 Å². The average molecular weight is 420 g/mol. The lowest BCUT2D eigenvalue weighted by atomic mass is 9.89. The molecule has 31 heavy (non-hydrogen) atoms. The molecule has 0 spiro atoms. The first-order valence-electron chi connectivity index (χ1n) is 11.4. The highest BCUT2D eigenvalue weighted by atomic mass is 16.2. The molecule has 1 aromatic heterocycles. The van der Waals surface area contributed by atoms with Gasteiger partial charge >= 0.3 is 0 Å². The lowest BCUT2D eigenvalue weighted by Crippen LogP contribution is -2.52. The molecule has 3 fully saturated rings. The number of likely N-dealkylation sites (tertiary alicyclic amines) is 1. The van der Waals surface area contributed by atoms with Crippen LogP contribution in [0.4, 0.5) is 11.5 Å². The Bertz CT molecular complexity index is 915. The smallest absolute Gasteiger partial charge is 0.231 e. The van der Waals surface area contributed by atoms with Gasteiger partial charge in [0.2, 0.25) is 11.8 Å². The fourth-order valence-electron chi connectivity index (χ4n) is 4.54. The molecular formula is C24H29N5O2. The molecule has 7 heteroatoms. The van der Waals surface area contributed by atoms with Crippen molar-refractivity contribution < 1.29 is 9.59 Å². The predicted molar refractivity (Wildman–Crippen MR) is 119 cm³/mol. The topological polar surface area (TPSA) is 78.4 Å². The molecule has 0 bridgehead atoms. The van der Waals surface area contributed by atoms with Crippen molar-refractivity contribution in [2.45, 2.75) is 38.0 Å². The Kier molecular flexibility index (Phi) is 5.57. The molecule has 5 rings (SSSR count). The van der Waals surface area contributed by atoms with Crippen LogP contribution in [0.3, 0.4) is 0 Å². The summed E-state index contributed by atoms with van der Waals surface area (Å²) in [6.45, 7) is 3.05. The van der Waals surface area contributed by atoms with E-state index in [1.807, 2.05) is 29.2 Å². The third kappa shape index (κ3) is 4.70. The fraction of sp³-hybridized carbons (Fsp3) is 0.500. The van der Waals surface area contributed by atoms with E-state index in [-0.39, 0.29) is 11.8 Å². The van der Waals surface area contributed by atoms with Gasteiger partial charge in [-0.2, -0.15) is 5.10 Å². The van der Waals surface area contributed by atoms with Crippen molar-refractivity contribution in [3.05, 3.63) is 48.2 Å². The number of carbonyl (C=O) groups is 2. The third-order valence-corrected chi connectivity index (χ3v) is 6.79. The average Bonchev–Trinajstić information content (AvgIpc) is 3.58. The number of benzene rings is 1. The van der Waals surface area contributed by atoms with Gasteiger partial charge in [-0.05, 0) is 67.3 Å². The summed E-state index contributed by atoms with van der Waals surface area (Å²) >= 11 is 0. The van der Waals surface area contributed by atoms with Gasteiger partial charge < -0.3 is 15.1 Å². The maximum absolute atomic E-state index is 12.5. The fourth-order valence-corrected chi connectivity index (χ4v) is 4.54. The highest BCUT2D eigenvalue weighted by molar-refractivity contribution is 5.94. The van der Waals surface area contributed by atoms with Gasteiger partial charge in [0.05, 0.1) is 5.92 Å². The Morgan fingerprint density at radius 2 is 1.74 bits per heavy atom. The van der Waals surface area contributed by atoms with E-state index in [0.29, 0.717) is 30.8 Å². The zero-order valence-corrected chi connectivity index (χ0v) is 17.7. The minimum absolute atomic E-state index is 0.0285. The van der Waals surface area contributed by atoms with E-state index in [9.17, 15) is 9.59 Å². The number of hydrogen-bond acceptors (Lipinski definition) is 5. The molecular weight excluding hydrogens is 390 g/mol. The second kappa shape index (κ2) is 8.65. The first-order chi connectivity index (χ1) is 15.2. The minimum atomic E-state index is -0.0285. The van der Waals surface area contributed by atoms with E-state index in [1.54, 1.807) is 6.20 Å². The lowest BCUT2D eigenvalue weighted by molar-refractivity contribution is -0.132. The van der Waals surface area contributed by atoms with Gasteiger partial charge in [-0.15, -0.1) is 5.10 Å². The Hall–Kier alpha value is -2.96. The van der Waals surface area contributed by atoms with Crippen molar-refractivity contribution in [3.8, 4) is 0 Å². The molecule has 1 aromatic carbocycles. The molecule has 162 valence electrons. The second-order valence-corrected chi connectivity index (χ2v) is 9.10. The number of nitrogens with zero attached hydrogens (tertiary/aromatic N) is 4. The summed E-state index contributed by atoms with van der Waals surface area (Å²) in [7, 11) is 0. The Morgan fingerprint density at radius 3 is 2.39 bits per heavy atom. The summed E-state index contributed by atoms with van der Waals surface area (Å²) < 4.78 is 0. The summed E-state index contributed by atoms with van der Waals surface area (Å²) in [6.07, 6.45) is 6.88. The zero-order valence-electron chi connectivity index (χ0n) is 17.7. The number of nitrogens with one attached hydrogen (secondary N) is 1. The predicted octanol–water partition coefficient (Wildman–Crippen LogP) is 3.06. The standard InChI is InChI=1S/C24H29N5O2/c30-23(14-17-3-4-17)28-12-9-19(10-13-28)18-5-7-21(8-6-18)26-24(31)20-15-29(16-20)22-2-1-11-25-27-22/h1-2,5-8,11,17,19-20H,3-4,9-10,12-16H2,(H,26,31). The number of amides is 2. The van der Waals surface area contributed by atoms with Crippen LogP contribution in [0.25, 0.3) is 0 Å². The first-order valence-corrected chi connectivity index (χ1v) is 11.4. The van der Waals surface area contributed by atoms with Crippen molar-refractivity contribution in [1.82, 2.24) is 15.1 Å². The summed E-state index contributed by atoms with van der Waals surface area (Å²) in [4.78, 5) is 28.9. The van der Waals surface area contributed by atoms with Crippen LogP contribution in [0.2, 0.25) is 0 Å². The lowest BCUT2D eigenvalue weighted by Gasteiger charge is -2.38. The molecule has 2 aliphatic heterocycles. The van der Waals surface area contributed by atoms with Gasteiger partial charge in [0.15, 0.2) is 5.82 Å². The normalized spacial score (nSPS) is 19.7. The van der Waals surface area contributed by atoms with E-state index in [2.05, 4.69) is 32.5 Å². The van der Waals surface area contributed by atoms with Crippen LogP contribution in [0.5, 0.6) is 0 Å². The largest absolute Gasteiger partial charge is 0.353 e. The van der Waals surface area contributed by atoms with Gasteiger partial charge in [-0.3, -0.25) is 9.59 Å². The van der Waals surface area contributed by atoms with E-state index in [1.165, 1.54) is 18.4 Å². The molecule has 7 nitrogen and oxygen atoms in total. The monoisotopic (exact) mass is 419 g/mol. The Balaban J connectivity index is 1.08. The summed E-state index contributed by atoms with van der Waals surface area (Å²) in [5.41, 5.74) is 2.13. The number of piperidine rings is 1. The van der Waals surface area contributed by atoms with Crippen LogP contribution in [0.15, 0.2) is 42.6 Å². The van der Waals surface area contributed by atoms with E-state index >= 15 is 0 Å². The van der Waals surface area contributed by atoms with Crippen molar-refractivity contribution in [3.63, 3.8) is 0 Å². The SMILES string of the molecule is O=C(Nc1ccc(C2CCN(C(=O)CC3CC3)CC2)cc1)C1CN(c2cccnn2)C1. The van der Waals surface area contributed by atoms with Crippen LogP contribution in [0, 0.1) is 11.8 Å². The quantitative estimate of drug-likeness (QED) is 0.779. The van der Waals surface area contributed by atoms with Gasteiger partial charge in [0.1, 0.15) is 0 Å². The molecule has 1 N–H and O–H groups in total. The summed E-state index contributed by atoms with van der Waals surface area (Å²) in [6, 6.07) is 12.0. The molecule has 2 saturated heterocycles. The van der Waals surface area contributed by atoms with E-state index < -0.39 is 0 Å². The maximum Gasteiger partial charge on any atom is 0.231 e. The maximum atomic E-state index is 12.5. The third-order valence-electron chi connectivity index (χ3n) is 6.79. The van der Waals surface area contributed by atoms with Crippen LogP contribution < -0.4 is 10.2 Å². The summed E-state index contributed by atoms with van der Waals surface area (Å²) in [5.74, 6) is 2.32. The number of anilines is 2. The highest BCUT2D eigenvalue weighted by Crippen LogP contribution is 2.34. The minimum Gasteiger partial charge on any atom is -0.353 e. The second-order valence-electron chi connectivity index (χ2n) is 9.10. The van der Waals surface area contributed by atoms with Crippen LogP contribution in [-0.4, -0.2) is 53.1 Å². The van der Waals surface area contributed by atoms with Gasteiger partial charge in [-0.1, -0.05) is 12.1 Å². The van der Waals surface area contributed by atoms with Crippen molar-refractivity contribution in [2.24, 2.45) is 11.8 Å². The number of aromatic nitrogens is 2. The van der Waals surface area contributed by atoms with Crippen LogP contribution in [-0.2, 0) is 9.59 Å². The van der Waals surface area contributed by atoms with E-state index in [0.717, 1.165) is 43.9 Å². The van der Waals surface area contributed by atoms with Crippen LogP contribution in [0.1, 0.15) is 43.6 Å². The van der Waals surface area contributed by atoms with E-state index in [4.69, 9.17) is 0 Å². The Morgan fingerprint density at radius 1 is 1.00 bits per heavy atom. The van der Waals surface area contributed by atoms with Gasteiger partial charge in [0.25, 0.3) is 0 Å². The Labute approximate surface area is 182 Å². The number of hydrogen-bond donors (Lipinski definition) is 1. The number of carbonyl (C=O) groups excluding carboxylic acids is 2. The van der Waals surface area contributed by atoms with Gasteiger partial charge in [-0.25, -0.2) is 0 Å². The number of rotatable bonds is 6. The van der Waals surface area contributed by atoms with Crippen molar-refractivity contribution in [2.75, 3.05) is 36.4 Å². The first kappa shape index (κ1) is 20.0. The molecule has 3 heterocycles. The molecule has 3 aliphatic rings. The van der Waals surface area contributed by atoms with Crippen LogP contribution >= 0.6 is 0 Å². The zero-order chi connectivity index (χ0) is 21.2. The molecule has 2 aromatic rings. The molecule has 0 radical (unpaired) electrons. The van der Waals surface area contributed by atoms with Crippen molar-refractivity contribution >= 4 is 23.3 Å². The molecule has 1 saturated carbocycles. The molecule has 0 unspecified atom stereocenters. The van der Waals surface area contributed by atoms with Crippen molar-refractivity contribution in [1.29, 1.82) is 0 Å². The molecule has 1 aliphatic carbocycles. The highest BCUT2D eigenvalue weighted by Gasteiger charge is 2.34. The summed E-state index contributed by atoms with van der Waals surface area (Å²) in [5, 5.41) is 11.0. The molecule has 2 amide bonds. The molecule has 0 atom stereocenters.